The highest BCUT2D eigenvalue weighted by atomic mass is 32.2. The lowest BCUT2D eigenvalue weighted by molar-refractivity contribution is -0.0608. The Kier molecular flexibility index (Phi) is 11.4. The fourth-order valence-corrected chi connectivity index (χ4v) is 6.62. The molecule has 0 aromatic carbocycles. The Labute approximate surface area is 188 Å². The summed E-state index contributed by atoms with van der Waals surface area (Å²) in [5.41, 5.74) is 3.27. The number of hydrogen-bond donors (Lipinski definition) is 4. The number of aliphatic hydroxyl groups excluding tert-OH is 1. The first-order valence-electron chi connectivity index (χ1n) is 12.1. The number of nitrogens with zero attached hydrogens (tertiary/aromatic N) is 1. The van der Waals surface area contributed by atoms with Gasteiger partial charge in [0.05, 0.1) is 11.9 Å². The molecule has 0 spiro atoms. The van der Waals surface area contributed by atoms with Crippen LogP contribution in [0.2, 0.25) is 0 Å². The van der Waals surface area contributed by atoms with E-state index in [1.165, 1.54) is 38.5 Å². The van der Waals surface area contributed by atoms with Gasteiger partial charge in [-0.1, -0.05) is 26.2 Å². The Morgan fingerprint density at radius 2 is 1.70 bits per heavy atom. The third-order valence-corrected chi connectivity index (χ3v) is 8.81. The molecule has 2 aliphatic carbocycles. The molecule has 0 aromatic rings. The van der Waals surface area contributed by atoms with Crippen LogP contribution in [0.15, 0.2) is 0 Å². The Bertz CT molecular complexity index is 467. The van der Waals surface area contributed by atoms with Crippen LogP contribution in [-0.4, -0.2) is 57.2 Å². The van der Waals surface area contributed by atoms with Crippen molar-refractivity contribution in [3.05, 3.63) is 0 Å². The Hall–Kier alpha value is 0.110. The van der Waals surface area contributed by atoms with E-state index in [9.17, 15) is 10.2 Å². The summed E-state index contributed by atoms with van der Waals surface area (Å²) in [7, 11) is 1.73. The van der Waals surface area contributed by atoms with Crippen molar-refractivity contribution < 1.29 is 15.1 Å². The van der Waals surface area contributed by atoms with E-state index in [-0.39, 0.29) is 0 Å². The van der Waals surface area contributed by atoms with Gasteiger partial charge in [0.25, 0.3) is 0 Å². The van der Waals surface area contributed by atoms with E-state index in [1.54, 1.807) is 18.9 Å². The molecule has 5 N–H and O–H groups in total. The maximum absolute atomic E-state index is 9.55. The van der Waals surface area contributed by atoms with Crippen molar-refractivity contribution in [3.63, 3.8) is 0 Å². The predicted octanol–water partition coefficient (Wildman–Crippen LogP) is 3.81. The van der Waals surface area contributed by atoms with Gasteiger partial charge in [-0.15, -0.1) is 11.8 Å². The molecule has 0 aromatic heterocycles. The van der Waals surface area contributed by atoms with E-state index in [0.717, 1.165) is 44.6 Å². The zero-order chi connectivity index (χ0) is 22.1. The number of nitrogens with one attached hydrogen (secondary N) is 1. The van der Waals surface area contributed by atoms with Crippen LogP contribution in [0.4, 0.5) is 0 Å². The van der Waals surface area contributed by atoms with Crippen molar-refractivity contribution in [3.8, 4) is 0 Å². The summed E-state index contributed by atoms with van der Waals surface area (Å²) in [6, 6.07) is 0.902. The molecule has 0 saturated heterocycles. The van der Waals surface area contributed by atoms with Crippen LogP contribution in [0, 0.1) is 11.8 Å². The molecule has 0 amide bonds. The lowest BCUT2D eigenvalue weighted by Crippen LogP contribution is -2.46. The molecule has 2 aliphatic rings. The van der Waals surface area contributed by atoms with Gasteiger partial charge in [0.1, 0.15) is 0 Å². The summed E-state index contributed by atoms with van der Waals surface area (Å²) in [6.45, 7) is 7.07. The van der Waals surface area contributed by atoms with Gasteiger partial charge < -0.3 is 15.1 Å². The number of thioether (sulfide) groups is 1. The molecule has 30 heavy (non-hydrogen) atoms. The molecule has 178 valence electrons. The van der Waals surface area contributed by atoms with Crippen molar-refractivity contribution in [2.75, 3.05) is 13.7 Å². The van der Waals surface area contributed by atoms with E-state index >= 15 is 0 Å². The summed E-state index contributed by atoms with van der Waals surface area (Å²) in [6.07, 6.45) is 12.1. The molecular formula is C23H47N3O3S. The molecule has 2 unspecified atom stereocenters. The van der Waals surface area contributed by atoms with Crippen molar-refractivity contribution in [1.29, 1.82) is 0 Å². The second kappa shape index (κ2) is 13.0. The van der Waals surface area contributed by atoms with Crippen molar-refractivity contribution in [1.82, 2.24) is 10.5 Å². The molecule has 2 fully saturated rings. The maximum atomic E-state index is 9.55. The third-order valence-electron chi connectivity index (χ3n) is 7.19. The Balaban J connectivity index is 1.70. The highest BCUT2D eigenvalue weighted by molar-refractivity contribution is 8.01. The lowest BCUT2D eigenvalue weighted by Gasteiger charge is -2.38. The molecular weight excluding hydrogens is 398 g/mol. The van der Waals surface area contributed by atoms with Gasteiger partial charge in [0, 0.05) is 23.9 Å². The van der Waals surface area contributed by atoms with Gasteiger partial charge in [-0.05, 0) is 77.0 Å². The van der Waals surface area contributed by atoms with Gasteiger partial charge in [0.15, 0.2) is 6.29 Å². The van der Waals surface area contributed by atoms with E-state index in [0.29, 0.717) is 23.3 Å². The van der Waals surface area contributed by atoms with Crippen LogP contribution in [0.1, 0.15) is 91.4 Å². The van der Waals surface area contributed by atoms with Crippen LogP contribution >= 0.6 is 11.8 Å². The normalized spacial score (nSPS) is 26.3. The number of aliphatic hydroxyl groups is 2. The minimum absolute atomic E-state index is 0.442. The molecule has 0 bridgehead atoms. The highest BCUT2D eigenvalue weighted by Gasteiger charge is 2.33. The SMILES string of the molecule is CONC(CCC(C)CN(N)C1CCC(SC(C)(C)C(O)O)CC1)C1CCCCC1. The van der Waals surface area contributed by atoms with Crippen LogP contribution in [0.25, 0.3) is 0 Å². The van der Waals surface area contributed by atoms with Crippen molar-refractivity contribution >= 4 is 11.8 Å². The van der Waals surface area contributed by atoms with Gasteiger partial charge in [-0.2, -0.15) is 5.48 Å². The highest BCUT2D eigenvalue weighted by Crippen LogP contribution is 2.39. The summed E-state index contributed by atoms with van der Waals surface area (Å²) < 4.78 is -0.514. The fraction of sp³-hybridized carbons (Fsp3) is 1.00. The second-order valence-electron chi connectivity index (χ2n) is 10.2. The topological polar surface area (TPSA) is 91.0 Å². The van der Waals surface area contributed by atoms with Gasteiger partial charge in [0.2, 0.25) is 0 Å². The Morgan fingerprint density at radius 1 is 1.07 bits per heavy atom. The Morgan fingerprint density at radius 3 is 2.27 bits per heavy atom. The van der Waals surface area contributed by atoms with Crippen LogP contribution in [0.5, 0.6) is 0 Å². The van der Waals surface area contributed by atoms with Gasteiger partial charge >= 0.3 is 0 Å². The van der Waals surface area contributed by atoms with E-state index in [4.69, 9.17) is 10.7 Å². The largest absolute Gasteiger partial charge is 0.367 e. The fourth-order valence-electron chi connectivity index (χ4n) is 5.13. The minimum atomic E-state index is -1.28. The third kappa shape index (κ3) is 8.57. The summed E-state index contributed by atoms with van der Waals surface area (Å²) in [4.78, 5) is 5.31. The number of hydrogen-bond acceptors (Lipinski definition) is 7. The second-order valence-corrected chi connectivity index (χ2v) is 12.2. The van der Waals surface area contributed by atoms with Gasteiger partial charge in [-0.3, -0.25) is 5.84 Å². The predicted molar refractivity (Wildman–Crippen MR) is 126 cm³/mol. The lowest BCUT2D eigenvalue weighted by atomic mass is 9.81. The minimum Gasteiger partial charge on any atom is -0.367 e. The summed E-state index contributed by atoms with van der Waals surface area (Å²) in [5.74, 6) is 7.79. The average molecular weight is 446 g/mol. The molecule has 7 heteroatoms. The molecule has 2 atom stereocenters. The zero-order valence-electron chi connectivity index (χ0n) is 19.7. The summed E-state index contributed by atoms with van der Waals surface area (Å²) in [5, 5.41) is 21.7. The molecule has 6 nitrogen and oxygen atoms in total. The zero-order valence-corrected chi connectivity index (χ0v) is 20.5. The number of hydroxylamine groups is 1. The van der Waals surface area contributed by atoms with E-state index in [2.05, 4.69) is 17.4 Å². The average Bonchev–Trinajstić information content (AvgIpc) is 2.71. The maximum Gasteiger partial charge on any atom is 0.165 e. The van der Waals surface area contributed by atoms with Crippen LogP contribution in [0.3, 0.4) is 0 Å². The molecule has 2 saturated carbocycles. The monoisotopic (exact) mass is 445 g/mol. The number of rotatable bonds is 12. The quantitative estimate of drug-likeness (QED) is 0.206. The van der Waals surface area contributed by atoms with Crippen molar-refractivity contribution in [2.24, 2.45) is 17.7 Å². The first kappa shape index (κ1) is 26.4. The van der Waals surface area contributed by atoms with Crippen LogP contribution < -0.4 is 11.3 Å². The number of hydrazine groups is 1. The smallest absolute Gasteiger partial charge is 0.165 e. The van der Waals surface area contributed by atoms with Crippen molar-refractivity contribution in [2.45, 2.75) is 120 Å². The van der Waals surface area contributed by atoms with Gasteiger partial charge in [-0.25, -0.2) is 5.01 Å². The molecule has 0 heterocycles. The molecule has 0 aliphatic heterocycles. The number of nitrogens with two attached hydrogens (primary N) is 1. The first-order valence-corrected chi connectivity index (χ1v) is 12.9. The molecule has 2 rings (SSSR count). The molecule has 0 radical (unpaired) electrons. The first-order chi connectivity index (χ1) is 14.2. The van der Waals surface area contributed by atoms with Crippen LogP contribution in [-0.2, 0) is 4.84 Å². The van der Waals surface area contributed by atoms with E-state index < -0.39 is 11.0 Å². The summed E-state index contributed by atoms with van der Waals surface area (Å²) >= 11 is 1.71. The standard InChI is InChI=1S/C23H47N3O3S/c1-17(10-15-21(25-29-4)18-8-6-5-7-9-18)16-26(24)19-11-13-20(14-12-19)30-23(2,3)22(27)28/h17-22,25,27-28H,5-16,24H2,1-4H3. The van der Waals surface area contributed by atoms with E-state index in [1.807, 2.05) is 13.8 Å².